The summed E-state index contributed by atoms with van der Waals surface area (Å²) in [7, 11) is 0. The Bertz CT molecular complexity index is 445. The molecule has 4 atom stereocenters. The van der Waals surface area contributed by atoms with Crippen LogP contribution in [0.1, 0.15) is 37.4 Å². The average Bonchev–Trinajstić information content (AvgIpc) is 2.92. The summed E-state index contributed by atoms with van der Waals surface area (Å²) in [5, 5.41) is 13.6. The first-order valence-electron chi connectivity index (χ1n) is 7.01. The first kappa shape index (κ1) is 13.0. The zero-order chi connectivity index (χ0) is 13.4. The molecule has 104 valence electrons. The lowest BCUT2D eigenvalue weighted by Gasteiger charge is -2.21. The van der Waals surface area contributed by atoms with Crippen LogP contribution >= 0.6 is 0 Å². The van der Waals surface area contributed by atoms with E-state index in [4.69, 9.17) is 0 Å². The van der Waals surface area contributed by atoms with E-state index in [1.807, 2.05) is 0 Å². The molecule has 0 amide bonds. The quantitative estimate of drug-likeness (QED) is 0.882. The van der Waals surface area contributed by atoms with Crippen LogP contribution in [0.3, 0.4) is 0 Å². The molecule has 2 nitrogen and oxygen atoms in total. The number of aliphatic hydroxyl groups is 1. The van der Waals surface area contributed by atoms with Gasteiger partial charge in [0.25, 0.3) is 0 Å². The van der Waals surface area contributed by atoms with Gasteiger partial charge in [-0.3, -0.25) is 0 Å². The first-order valence-corrected chi connectivity index (χ1v) is 7.01. The molecule has 2 fully saturated rings. The van der Waals surface area contributed by atoms with Gasteiger partial charge in [0.15, 0.2) is 0 Å². The van der Waals surface area contributed by atoms with E-state index in [1.54, 1.807) is 0 Å². The van der Waals surface area contributed by atoms with E-state index in [0.29, 0.717) is 17.9 Å². The van der Waals surface area contributed by atoms with Crippen molar-refractivity contribution in [2.45, 2.75) is 37.8 Å². The van der Waals surface area contributed by atoms with E-state index in [-0.39, 0.29) is 6.04 Å². The fourth-order valence-electron chi connectivity index (χ4n) is 3.71. The Hall–Kier alpha value is -1.00. The largest absolute Gasteiger partial charge is 0.388 e. The molecule has 2 N–H and O–H groups in total. The molecule has 4 unspecified atom stereocenters. The van der Waals surface area contributed by atoms with Crippen LogP contribution in [-0.4, -0.2) is 17.7 Å². The van der Waals surface area contributed by atoms with Gasteiger partial charge in [-0.1, -0.05) is 6.42 Å². The van der Waals surface area contributed by atoms with Crippen molar-refractivity contribution in [1.82, 2.24) is 5.32 Å². The van der Waals surface area contributed by atoms with E-state index in [1.165, 1.54) is 31.4 Å². The Labute approximate surface area is 111 Å². The maximum Gasteiger partial charge on any atom is 0.126 e. The van der Waals surface area contributed by atoms with Crippen molar-refractivity contribution in [2.75, 3.05) is 6.54 Å². The molecule has 0 bridgehead atoms. The van der Waals surface area contributed by atoms with Gasteiger partial charge in [-0.15, -0.1) is 0 Å². The van der Waals surface area contributed by atoms with Crippen molar-refractivity contribution in [3.8, 4) is 0 Å². The Morgan fingerprint density at radius 1 is 1.21 bits per heavy atom. The second-order valence-corrected chi connectivity index (χ2v) is 5.82. The van der Waals surface area contributed by atoms with E-state index in [9.17, 15) is 13.9 Å². The molecule has 0 aromatic heterocycles. The van der Waals surface area contributed by atoms with E-state index in [2.05, 4.69) is 5.32 Å². The Morgan fingerprint density at radius 3 is 2.68 bits per heavy atom. The van der Waals surface area contributed by atoms with E-state index >= 15 is 0 Å². The molecule has 2 aliphatic rings. The van der Waals surface area contributed by atoms with Gasteiger partial charge >= 0.3 is 0 Å². The molecule has 1 saturated heterocycles. The molecule has 3 rings (SSSR count). The highest BCUT2D eigenvalue weighted by atomic mass is 19.1. The van der Waals surface area contributed by atoms with Crippen molar-refractivity contribution >= 4 is 0 Å². The van der Waals surface area contributed by atoms with Crippen molar-refractivity contribution in [3.05, 3.63) is 35.4 Å². The van der Waals surface area contributed by atoms with Gasteiger partial charge in [-0.05, 0) is 55.3 Å². The number of hydrogen-bond acceptors (Lipinski definition) is 2. The fourth-order valence-corrected chi connectivity index (χ4v) is 3.71. The van der Waals surface area contributed by atoms with Crippen LogP contribution in [0.25, 0.3) is 0 Å². The Kier molecular flexibility index (Phi) is 3.54. The number of rotatable bonds is 3. The van der Waals surface area contributed by atoms with Crippen molar-refractivity contribution in [2.24, 2.45) is 11.8 Å². The van der Waals surface area contributed by atoms with Crippen LogP contribution < -0.4 is 5.32 Å². The monoisotopic (exact) mass is 267 g/mol. The fraction of sp³-hybridized carbons (Fsp3) is 0.600. The van der Waals surface area contributed by atoms with Crippen LogP contribution in [0, 0.1) is 23.5 Å². The summed E-state index contributed by atoms with van der Waals surface area (Å²) in [5.74, 6) is 0.0776. The highest BCUT2D eigenvalue weighted by Crippen LogP contribution is 2.40. The molecule has 0 spiro atoms. The topological polar surface area (TPSA) is 32.3 Å². The number of nitrogens with one attached hydrogen (secondary N) is 1. The highest BCUT2D eigenvalue weighted by molar-refractivity contribution is 5.20. The number of aliphatic hydroxyl groups excluding tert-OH is 1. The third-order valence-electron chi connectivity index (χ3n) is 4.62. The molecular formula is C15H19F2NO. The standard InChI is InChI=1S/C15H19F2NO/c16-11-4-10(5-12(17)6-11)15(19)7-14-13-3-1-2-9(13)8-18-14/h4-6,9,13-15,18-19H,1-3,7-8H2. The Morgan fingerprint density at radius 2 is 1.95 bits per heavy atom. The van der Waals surface area contributed by atoms with E-state index < -0.39 is 17.7 Å². The summed E-state index contributed by atoms with van der Waals surface area (Å²) >= 11 is 0. The first-order chi connectivity index (χ1) is 9.13. The number of halogens is 2. The van der Waals surface area contributed by atoms with Crippen LogP contribution in [0.5, 0.6) is 0 Å². The van der Waals surface area contributed by atoms with Crippen LogP contribution in [0.2, 0.25) is 0 Å². The minimum Gasteiger partial charge on any atom is -0.388 e. The molecule has 0 radical (unpaired) electrons. The van der Waals surface area contributed by atoms with Crippen LogP contribution in [-0.2, 0) is 0 Å². The molecule has 1 aromatic rings. The highest BCUT2D eigenvalue weighted by Gasteiger charge is 2.39. The molecule has 1 aliphatic heterocycles. The van der Waals surface area contributed by atoms with Crippen LogP contribution in [0.4, 0.5) is 8.78 Å². The number of fused-ring (bicyclic) bond motifs is 1. The molecule has 4 heteroatoms. The third kappa shape index (κ3) is 2.65. The molecular weight excluding hydrogens is 248 g/mol. The van der Waals surface area contributed by atoms with Gasteiger partial charge in [0.05, 0.1) is 6.10 Å². The van der Waals surface area contributed by atoms with Gasteiger partial charge in [0.2, 0.25) is 0 Å². The molecule has 1 heterocycles. The van der Waals surface area contributed by atoms with Crippen molar-refractivity contribution in [3.63, 3.8) is 0 Å². The van der Waals surface area contributed by atoms with Gasteiger partial charge in [-0.25, -0.2) is 8.78 Å². The lowest BCUT2D eigenvalue weighted by molar-refractivity contribution is 0.144. The third-order valence-corrected chi connectivity index (χ3v) is 4.62. The molecule has 1 saturated carbocycles. The van der Waals surface area contributed by atoms with Gasteiger partial charge in [-0.2, -0.15) is 0 Å². The lowest BCUT2D eigenvalue weighted by atomic mass is 9.89. The summed E-state index contributed by atoms with van der Waals surface area (Å²) in [6.45, 7) is 1.01. The van der Waals surface area contributed by atoms with Crippen LogP contribution in [0.15, 0.2) is 18.2 Å². The average molecular weight is 267 g/mol. The zero-order valence-electron chi connectivity index (χ0n) is 10.8. The molecule has 1 aliphatic carbocycles. The maximum atomic E-state index is 13.2. The van der Waals surface area contributed by atoms with Crippen molar-refractivity contribution in [1.29, 1.82) is 0 Å². The summed E-state index contributed by atoms with van der Waals surface area (Å²) in [6.07, 6.45) is 3.45. The maximum absolute atomic E-state index is 13.2. The van der Waals surface area contributed by atoms with Gasteiger partial charge in [0.1, 0.15) is 11.6 Å². The number of benzene rings is 1. The number of hydrogen-bond donors (Lipinski definition) is 2. The zero-order valence-corrected chi connectivity index (χ0v) is 10.8. The van der Waals surface area contributed by atoms with E-state index in [0.717, 1.165) is 18.5 Å². The second-order valence-electron chi connectivity index (χ2n) is 5.82. The molecule has 1 aromatic carbocycles. The minimum atomic E-state index is -0.804. The summed E-state index contributed by atoms with van der Waals surface area (Å²) in [5.41, 5.74) is 0.334. The van der Waals surface area contributed by atoms with Gasteiger partial charge in [0, 0.05) is 12.1 Å². The minimum absolute atomic E-state index is 0.272. The summed E-state index contributed by atoms with van der Waals surface area (Å²) < 4.78 is 26.3. The predicted molar refractivity (Wildman–Crippen MR) is 68.6 cm³/mol. The molecule has 19 heavy (non-hydrogen) atoms. The van der Waals surface area contributed by atoms with Crippen molar-refractivity contribution < 1.29 is 13.9 Å². The SMILES string of the molecule is OC(CC1NCC2CCCC21)c1cc(F)cc(F)c1. The van der Waals surface area contributed by atoms with Gasteiger partial charge < -0.3 is 10.4 Å². The smallest absolute Gasteiger partial charge is 0.126 e. The summed E-state index contributed by atoms with van der Waals surface area (Å²) in [4.78, 5) is 0. The normalized spacial score (nSPS) is 31.4. The second kappa shape index (κ2) is 5.17. The lowest BCUT2D eigenvalue weighted by Crippen LogP contribution is -2.28. The predicted octanol–water partition coefficient (Wildman–Crippen LogP) is 2.78. The summed E-state index contributed by atoms with van der Waals surface area (Å²) in [6, 6.07) is 3.54. The Balaban J connectivity index is 1.69.